The number of benzene rings is 1. The molecule has 3 heterocycles. The molecule has 2 N–H and O–H groups in total. The van der Waals surface area contributed by atoms with E-state index < -0.39 is 0 Å². The lowest BCUT2D eigenvalue weighted by atomic mass is 10.3. The van der Waals surface area contributed by atoms with Gasteiger partial charge in [-0.1, -0.05) is 24.3 Å². The number of fused-ring (bicyclic) bond motifs is 1. The minimum atomic E-state index is 0.200. The molecule has 7 nitrogen and oxygen atoms in total. The van der Waals surface area contributed by atoms with E-state index in [4.69, 9.17) is 4.98 Å². The van der Waals surface area contributed by atoms with E-state index in [2.05, 4.69) is 44.0 Å². The molecule has 0 aliphatic carbocycles. The Morgan fingerprint density at radius 1 is 1.04 bits per heavy atom. The SMILES string of the molecule is CC(C)n1c(NCc2cccnc2)nc2c(Nc3ccccc3)ncnc21. The zero-order valence-corrected chi connectivity index (χ0v) is 15.3. The normalized spacial score (nSPS) is 11.1. The van der Waals surface area contributed by atoms with Gasteiger partial charge in [-0.3, -0.25) is 9.55 Å². The van der Waals surface area contributed by atoms with Gasteiger partial charge in [0.1, 0.15) is 6.33 Å². The average molecular weight is 359 g/mol. The largest absolute Gasteiger partial charge is 0.351 e. The number of hydrogen-bond donors (Lipinski definition) is 2. The van der Waals surface area contributed by atoms with Crippen molar-refractivity contribution < 1.29 is 0 Å². The minimum Gasteiger partial charge on any atom is -0.351 e. The number of aromatic nitrogens is 5. The molecule has 3 aromatic heterocycles. The highest BCUT2D eigenvalue weighted by Crippen LogP contribution is 2.28. The fourth-order valence-corrected chi connectivity index (χ4v) is 2.96. The Morgan fingerprint density at radius 3 is 2.63 bits per heavy atom. The quantitative estimate of drug-likeness (QED) is 0.538. The van der Waals surface area contributed by atoms with Crippen molar-refractivity contribution in [1.82, 2.24) is 24.5 Å². The molecule has 0 unspecified atom stereocenters. The van der Waals surface area contributed by atoms with Gasteiger partial charge in [0.15, 0.2) is 17.0 Å². The number of hydrogen-bond acceptors (Lipinski definition) is 6. The van der Waals surface area contributed by atoms with Crippen LogP contribution in [-0.4, -0.2) is 24.5 Å². The number of nitrogens with one attached hydrogen (secondary N) is 2. The predicted octanol–water partition coefficient (Wildman–Crippen LogP) is 4.16. The van der Waals surface area contributed by atoms with E-state index in [-0.39, 0.29) is 6.04 Å². The first kappa shape index (κ1) is 17.0. The van der Waals surface area contributed by atoms with Crippen LogP contribution in [0.4, 0.5) is 17.5 Å². The molecule has 0 saturated carbocycles. The average Bonchev–Trinajstić information content (AvgIpc) is 3.08. The number of anilines is 3. The molecule has 0 aliphatic heterocycles. The van der Waals surface area contributed by atoms with Crippen molar-refractivity contribution in [2.45, 2.75) is 26.4 Å². The first-order valence-electron chi connectivity index (χ1n) is 8.90. The molecule has 0 saturated heterocycles. The summed E-state index contributed by atoms with van der Waals surface area (Å²) < 4.78 is 2.09. The Morgan fingerprint density at radius 2 is 1.89 bits per heavy atom. The fourth-order valence-electron chi connectivity index (χ4n) is 2.96. The molecule has 0 aliphatic rings. The summed E-state index contributed by atoms with van der Waals surface area (Å²) in [6.45, 7) is 4.87. The minimum absolute atomic E-state index is 0.200. The molecule has 0 bridgehead atoms. The number of para-hydroxylation sites is 1. The van der Waals surface area contributed by atoms with Crippen LogP contribution in [0.5, 0.6) is 0 Å². The van der Waals surface area contributed by atoms with Crippen molar-refractivity contribution in [1.29, 1.82) is 0 Å². The third-order valence-corrected chi connectivity index (χ3v) is 4.20. The summed E-state index contributed by atoms with van der Waals surface area (Å²) >= 11 is 0. The van der Waals surface area contributed by atoms with E-state index >= 15 is 0 Å². The number of imidazole rings is 1. The van der Waals surface area contributed by atoms with Crippen LogP contribution in [0.25, 0.3) is 11.2 Å². The number of pyridine rings is 1. The highest BCUT2D eigenvalue weighted by molar-refractivity contribution is 5.87. The van der Waals surface area contributed by atoms with Gasteiger partial charge in [0.05, 0.1) is 0 Å². The Balaban J connectivity index is 1.71. The molecule has 0 radical (unpaired) electrons. The van der Waals surface area contributed by atoms with Gasteiger partial charge in [0, 0.05) is 30.7 Å². The van der Waals surface area contributed by atoms with Crippen molar-refractivity contribution >= 4 is 28.6 Å². The van der Waals surface area contributed by atoms with Crippen LogP contribution in [0.3, 0.4) is 0 Å². The molecular formula is C20H21N7. The molecule has 4 rings (SSSR count). The first-order chi connectivity index (χ1) is 13.2. The lowest BCUT2D eigenvalue weighted by Gasteiger charge is -2.13. The molecule has 0 amide bonds. The summed E-state index contributed by atoms with van der Waals surface area (Å²) in [4.78, 5) is 17.8. The highest BCUT2D eigenvalue weighted by atomic mass is 15.3. The van der Waals surface area contributed by atoms with Crippen LogP contribution in [0, 0.1) is 0 Å². The predicted molar refractivity (Wildman–Crippen MR) is 107 cm³/mol. The summed E-state index contributed by atoms with van der Waals surface area (Å²) in [7, 11) is 0. The number of rotatable bonds is 6. The molecule has 0 atom stereocenters. The van der Waals surface area contributed by atoms with Gasteiger partial charge in [-0.05, 0) is 37.6 Å². The van der Waals surface area contributed by atoms with Crippen molar-refractivity contribution in [2.24, 2.45) is 0 Å². The third kappa shape index (κ3) is 3.57. The zero-order chi connectivity index (χ0) is 18.6. The van der Waals surface area contributed by atoms with Gasteiger partial charge >= 0.3 is 0 Å². The summed E-state index contributed by atoms with van der Waals surface area (Å²) in [5.74, 6) is 1.45. The first-order valence-corrected chi connectivity index (χ1v) is 8.90. The summed E-state index contributed by atoms with van der Waals surface area (Å²) in [5, 5.41) is 6.74. The Kier molecular flexibility index (Phi) is 4.65. The molecule has 27 heavy (non-hydrogen) atoms. The Bertz CT molecular complexity index is 1030. The third-order valence-electron chi connectivity index (χ3n) is 4.20. The van der Waals surface area contributed by atoms with Gasteiger partial charge in [-0.15, -0.1) is 0 Å². The van der Waals surface area contributed by atoms with E-state index in [1.165, 1.54) is 0 Å². The molecule has 0 spiro atoms. The van der Waals surface area contributed by atoms with Crippen LogP contribution in [0.15, 0.2) is 61.2 Å². The van der Waals surface area contributed by atoms with E-state index in [1.807, 2.05) is 48.7 Å². The van der Waals surface area contributed by atoms with Crippen LogP contribution in [0.1, 0.15) is 25.5 Å². The second kappa shape index (κ2) is 7.41. The molecule has 1 aromatic carbocycles. The second-order valence-electron chi connectivity index (χ2n) is 6.50. The van der Waals surface area contributed by atoms with Crippen molar-refractivity contribution in [3.05, 3.63) is 66.7 Å². The lowest BCUT2D eigenvalue weighted by molar-refractivity contribution is 0.617. The molecule has 0 fully saturated rings. The van der Waals surface area contributed by atoms with Crippen molar-refractivity contribution in [2.75, 3.05) is 10.6 Å². The molecule has 7 heteroatoms. The maximum absolute atomic E-state index is 4.79. The van der Waals surface area contributed by atoms with Crippen LogP contribution >= 0.6 is 0 Å². The molecule has 136 valence electrons. The standard InChI is InChI=1S/C20H21N7/c1-14(2)27-19-17(26-20(27)22-12-15-7-6-10-21-11-15)18(23-13-24-19)25-16-8-4-3-5-9-16/h3-11,13-14H,12H2,1-2H3,(H,22,26)(H,23,24,25). The molecular weight excluding hydrogens is 338 g/mol. The van der Waals surface area contributed by atoms with Crippen molar-refractivity contribution in [3.63, 3.8) is 0 Å². The van der Waals surface area contributed by atoms with Gasteiger partial charge in [-0.25, -0.2) is 15.0 Å². The smallest absolute Gasteiger partial charge is 0.205 e. The topological polar surface area (TPSA) is 80.5 Å². The fraction of sp³-hybridized carbons (Fsp3) is 0.200. The van der Waals surface area contributed by atoms with Crippen molar-refractivity contribution in [3.8, 4) is 0 Å². The number of nitrogens with zero attached hydrogens (tertiary/aromatic N) is 5. The second-order valence-corrected chi connectivity index (χ2v) is 6.50. The maximum atomic E-state index is 4.79. The van der Waals surface area contributed by atoms with Crippen LogP contribution in [0.2, 0.25) is 0 Å². The zero-order valence-electron chi connectivity index (χ0n) is 15.3. The van der Waals surface area contributed by atoms with E-state index in [0.29, 0.717) is 12.4 Å². The summed E-state index contributed by atoms with van der Waals surface area (Å²) in [6.07, 6.45) is 5.18. The lowest BCUT2D eigenvalue weighted by Crippen LogP contribution is -2.10. The maximum Gasteiger partial charge on any atom is 0.205 e. The monoisotopic (exact) mass is 359 g/mol. The van der Waals surface area contributed by atoms with Gasteiger partial charge in [0.2, 0.25) is 5.95 Å². The van der Waals surface area contributed by atoms with Gasteiger partial charge < -0.3 is 10.6 Å². The van der Waals surface area contributed by atoms with E-state index in [9.17, 15) is 0 Å². The van der Waals surface area contributed by atoms with Gasteiger partial charge in [0.25, 0.3) is 0 Å². The Hall–Kier alpha value is -3.48. The van der Waals surface area contributed by atoms with Crippen LogP contribution < -0.4 is 10.6 Å². The van der Waals surface area contributed by atoms with E-state index in [0.717, 1.165) is 28.4 Å². The summed E-state index contributed by atoms with van der Waals surface area (Å²) in [5.41, 5.74) is 3.59. The molecule has 4 aromatic rings. The highest BCUT2D eigenvalue weighted by Gasteiger charge is 2.18. The van der Waals surface area contributed by atoms with E-state index in [1.54, 1.807) is 12.5 Å². The van der Waals surface area contributed by atoms with Crippen LogP contribution in [-0.2, 0) is 6.54 Å². The Labute approximate surface area is 157 Å². The van der Waals surface area contributed by atoms with Gasteiger partial charge in [-0.2, -0.15) is 0 Å². The summed E-state index contributed by atoms with van der Waals surface area (Å²) in [6, 6.07) is 14.1.